The minimum Gasteiger partial charge on any atom is -0.507 e. The average molecular weight is 248 g/mol. The number of piperidine rings is 1. The number of phenolic OH excluding ortho intramolecular Hbond substituents is 1. The number of para-hydroxylation sites is 1. The van der Waals surface area contributed by atoms with E-state index in [-0.39, 0.29) is 17.1 Å². The van der Waals surface area contributed by atoms with Crippen molar-refractivity contribution in [2.24, 2.45) is 5.41 Å². The molecule has 0 bridgehead atoms. The van der Waals surface area contributed by atoms with Gasteiger partial charge in [0.05, 0.1) is 5.56 Å². The minimum absolute atomic E-state index is 0.0328. The van der Waals surface area contributed by atoms with Gasteiger partial charge in [-0.3, -0.25) is 4.79 Å². The summed E-state index contributed by atoms with van der Waals surface area (Å²) < 4.78 is 0. The first-order valence-electron chi connectivity index (χ1n) is 6.38. The third-order valence-electron chi connectivity index (χ3n) is 3.64. The lowest BCUT2D eigenvalue weighted by Gasteiger charge is -2.34. The van der Waals surface area contributed by atoms with Crippen LogP contribution in [0.3, 0.4) is 0 Å². The van der Waals surface area contributed by atoms with Crippen LogP contribution in [0, 0.1) is 5.41 Å². The molecule has 0 aliphatic carbocycles. The number of phenols is 1. The Bertz CT molecular complexity index is 426. The summed E-state index contributed by atoms with van der Waals surface area (Å²) >= 11 is 0. The van der Waals surface area contributed by atoms with E-state index in [1.54, 1.807) is 18.2 Å². The molecule has 3 N–H and O–H groups in total. The first-order chi connectivity index (χ1) is 8.61. The number of hydrogen-bond donors (Lipinski definition) is 3. The van der Waals surface area contributed by atoms with Crippen LogP contribution in [0.4, 0.5) is 0 Å². The van der Waals surface area contributed by atoms with Gasteiger partial charge in [-0.15, -0.1) is 0 Å². The maximum absolute atomic E-state index is 12.0. The summed E-state index contributed by atoms with van der Waals surface area (Å²) in [5, 5.41) is 15.9. The van der Waals surface area contributed by atoms with Gasteiger partial charge in [0, 0.05) is 6.54 Å². The van der Waals surface area contributed by atoms with Gasteiger partial charge in [0.1, 0.15) is 5.75 Å². The van der Waals surface area contributed by atoms with Crippen molar-refractivity contribution in [1.82, 2.24) is 10.6 Å². The molecule has 1 aromatic rings. The van der Waals surface area contributed by atoms with Crippen LogP contribution in [-0.4, -0.2) is 30.6 Å². The lowest BCUT2D eigenvalue weighted by atomic mass is 9.81. The fraction of sp³-hybridized carbons (Fsp3) is 0.500. The first-order valence-corrected chi connectivity index (χ1v) is 6.38. The topological polar surface area (TPSA) is 61.4 Å². The maximum Gasteiger partial charge on any atom is 0.255 e. The van der Waals surface area contributed by atoms with Gasteiger partial charge in [-0.25, -0.2) is 0 Å². The Morgan fingerprint density at radius 1 is 1.39 bits per heavy atom. The molecule has 1 aliphatic rings. The zero-order valence-corrected chi connectivity index (χ0v) is 10.7. The van der Waals surface area contributed by atoms with Crippen molar-refractivity contribution in [3.63, 3.8) is 0 Å². The second-order valence-corrected chi connectivity index (χ2v) is 5.26. The molecule has 18 heavy (non-hydrogen) atoms. The van der Waals surface area contributed by atoms with E-state index in [0.29, 0.717) is 12.1 Å². The monoisotopic (exact) mass is 248 g/mol. The summed E-state index contributed by atoms with van der Waals surface area (Å²) in [6.07, 6.45) is 2.13. The Morgan fingerprint density at radius 2 is 2.06 bits per heavy atom. The SMILES string of the molecule is CC1(CNC(=O)c2ccccc2O)CCNCC1. The van der Waals surface area contributed by atoms with Crippen molar-refractivity contribution in [3.8, 4) is 5.75 Å². The maximum atomic E-state index is 12.0. The molecular formula is C14H20N2O2. The van der Waals surface area contributed by atoms with E-state index in [0.717, 1.165) is 25.9 Å². The number of benzene rings is 1. The third kappa shape index (κ3) is 3.01. The van der Waals surface area contributed by atoms with Gasteiger partial charge in [-0.05, 0) is 43.5 Å². The summed E-state index contributed by atoms with van der Waals surface area (Å²) in [6, 6.07) is 6.62. The molecule has 1 amide bonds. The highest BCUT2D eigenvalue weighted by atomic mass is 16.3. The molecule has 0 spiro atoms. The van der Waals surface area contributed by atoms with E-state index < -0.39 is 0 Å². The van der Waals surface area contributed by atoms with Crippen LogP contribution in [0.2, 0.25) is 0 Å². The van der Waals surface area contributed by atoms with Gasteiger partial charge in [0.2, 0.25) is 0 Å². The number of rotatable bonds is 3. The number of nitrogens with one attached hydrogen (secondary N) is 2. The van der Waals surface area contributed by atoms with Gasteiger partial charge < -0.3 is 15.7 Å². The number of amides is 1. The fourth-order valence-corrected chi connectivity index (χ4v) is 2.26. The summed E-state index contributed by atoms with van der Waals surface area (Å²) in [4.78, 5) is 12.0. The lowest BCUT2D eigenvalue weighted by Crippen LogP contribution is -2.42. The molecule has 0 unspecified atom stereocenters. The number of aromatic hydroxyl groups is 1. The normalized spacial score (nSPS) is 18.3. The van der Waals surface area contributed by atoms with Crippen LogP contribution in [0.1, 0.15) is 30.1 Å². The second-order valence-electron chi connectivity index (χ2n) is 5.26. The average Bonchev–Trinajstić information content (AvgIpc) is 2.38. The van der Waals surface area contributed by atoms with Gasteiger partial charge in [-0.1, -0.05) is 19.1 Å². The molecule has 1 aliphatic heterocycles. The van der Waals surface area contributed by atoms with Crippen LogP contribution in [-0.2, 0) is 0 Å². The third-order valence-corrected chi connectivity index (χ3v) is 3.64. The lowest BCUT2D eigenvalue weighted by molar-refractivity contribution is 0.0919. The van der Waals surface area contributed by atoms with Gasteiger partial charge in [0.25, 0.3) is 5.91 Å². The van der Waals surface area contributed by atoms with Gasteiger partial charge in [0.15, 0.2) is 0 Å². The van der Waals surface area contributed by atoms with Crippen LogP contribution in [0.25, 0.3) is 0 Å². The van der Waals surface area contributed by atoms with Crippen molar-refractivity contribution in [3.05, 3.63) is 29.8 Å². The van der Waals surface area contributed by atoms with E-state index in [1.807, 2.05) is 0 Å². The van der Waals surface area contributed by atoms with Crippen molar-refractivity contribution < 1.29 is 9.90 Å². The highest BCUT2D eigenvalue weighted by Crippen LogP contribution is 2.27. The van der Waals surface area contributed by atoms with Crippen LogP contribution in [0.15, 0.2) is 24.3 Å². The molecule has 4 nitrogen and oxygen atoms in total. The highest BCUT2D eigenvalue weighted by Gasteiger charge is 2.27. The molecule has 1 saturated heterocycles. The highest BCUT2D eigenvalue weighted by molar-refractivity contribution is 5.96. The molecule has 2 rings (SSSR count). The second kappa shape index (κ2) is 5.40. The van der Waals surface area contributed by atoms with E-state index in [1.165, 1.54) is 6.07 Å². The Labute approximate surface area is 107 Å². The first kappa shape index (κ1) is 12.9. The molecular weight excluding hydrogens is 228 g/mol. The number of carbonyl (C=O) groups excluding carboxylic acids is 1. The molecule has 98 valence electrons. The van der Waals surface area contributed by atoms with E-state index in [2.05, 4.69) is 17.6 Å². The van der Waals surface area contributed by atoms with Crippen molar-refractivity contribution in [2.45, 2.75) is 19.8 Å². The molecule has 4 heteroatoms. The summed E-state index contributed by atoms with van der Waals surface area (Å²) in [6.45, 7) is 4.85. The van der Waals surface area contributed by atoms with Crippen molar-refractivity contribution >= 4 is 5.91 Å². The Hall–Kier alpha value is -1.55. The predicted octanol–water partition coefficient (Wildman–Crippen LogP) is 1.51. The summed E-state index contributed by atoms with van der Waals surface area (Å²) in [5.41, 5.74) is 0.501. The molecule has 0 aromatic heterocycles. The largest absolute Gasteiger partial charge is 0.507 e. The van der Waals surface area contributed by atoms with Crippen molar-refractivity contribution in [2.75, 3.05) is 19.6 Å². The van der Waals surface area contributed by atoms with Crippen LogP contribution >= 0.6 is 0 Å². The standard InChI is InChI=1S/C14H20N2O2/c1-14(6-8-15-9-7-14)10-16-13(18)11-4-2-3-5-12(11)17/h2-5,15,17H,6-10H2,1H3,(H,16,18). The Morgan fingerprint density at radius 3 is 2.72 bits per heavy atom. The Kier molecular flexibility index (Phi) is 3.87. The van der Waals surface area contributed by atoms with Crippen molar-refractivity contribution in [1.29, 1.82) is 0 Å². The van der Waals surface area contributed by atoms with E-state index >= 15 is 0 Å². The quantitative estimate of drug-likeness (QED) is 0.760. The zero-order chi connectivity index (χ0) is 13.0. The molecule has 1 fully saturated rings. The summed E-state index contributed by atoms with van der Waals surface area (Å²) in [7, 11) is 0. The van der Waals surface area contributed by atoms with E-state index in [9.17, 15) is 9.90 Å². The minimum atomic E-state index is -0.201. The zero-order valence-electron chi connectivity index (χ0n) is 10.7. The predicted molar refractivity (Wildman–Crippen MR) is 70.7 cm³/mol. The molecule has 0 saturated carbocycles. The van der Waals surface area contributed by atoms with Gasteiger partial charge in [-0.2, -0.15) is 0 Å². The van der Waals surface area contributed by atoms with Gasteiger partial charge >= 0.3 is 0 Å². The van der Waals surface area contributed by atoms with Crippen LogP contribution < -0.4 is 10.6 Å². The molecule has 0 radical (unpaired) electrons. The molecule has 1 heterocycles. The summed E-state index contributed by atoms with van der Waals surface area (Å²) in [5.74, 6) is -0.168. The number of hydrogen-bond acceptors (Lipinski definition) is 3. The van der Waals surface area contributed by atoms with E-state index in [4.69, 9.17) is 0 Å². The molecule has 1 aromatic carbocycles. The number of carbonyl (C=O) groups is 1. The smallest absolute Gasteiger partial charge is 0.255 e. The fourth-order valence-electron chi connectivity index (χ4n) is 2.26. The Balaban J connectivity index is 1.94. The van der Waals surface area contributed by atoms with Crippen LogP contribution in [0.5, 0.6) is 5.75 Å². The molecule has 0 atom stereocenters.